The van der Waals surface area contributed by atoms with Crippen LogP contribution in [0.25, 0.3) is 0 Å². The molecule has 0 saturated carbocycles. The van der Waals surface area contributed by atoms with Crippen LogP contribution < -0.4 is 5.32 Å². The van der Waals surface area contributed by atoms with Crippen molar-refractivity contribution in [2.45, 2.75) is 45.2 Å². The predicted molar refractivity (Wildman–Crippen MR) is 74.0 cm³/mol. The van der Waals surface area contributed by atoms with Gasteiger partial charge in [-0.05, 0) is 37.5 Å². The zero-order chi connectivity index (χ0) is 13.5. The minimum Gasteiger partial charge on any atom is -0.481 e. The van der Waals surface area contributed by atoms with Gasteiger partial charge in [0.1, 0.15) is 0 Å². The molecule has 2 unspecified atom stereocenters. The normalized spacial score (nSPS) is 14.2. The summed E-state index contributed by atoms with van der Waals surface area (Å²) in [6.07, 6.45) is 1.77. The van der Waals surface area contributed by atoms with Crippen molar-refractivity contribution in [1.82, 2.24) is 5.32 Å². The molecule has 3 nitrogen and oxygen atoms in total. The molecule has 2 atom stereocenters. The Morgan fingerprint density at radius 3 is 2.78 bits per heavy atom. The Kier molecular flexibility index (Phi) is 6.16. The lowest BCUT2D eigenvalue weighted by Crippen LogP contribution is -2.30. The number of rotatable bonds is 7. The Balaban J connectivity index is 2.59. The fraction of sp³-hybridized carbons (Fsp3) is 0.500. The first-order chi connectivity index (χ1) is 8.52. The zero-order valence-corrected chi connectivity index (χ0v) is 11.6. The van der Waals surface area contributed by atoms with E-state index in [0.29, 0.717) is 6.42 Å². The number of benzene rings is 1. The van der Waals surface area contributed by atoms with Crippen LogP contribution in [0.4, 0.5) is 0 Å². The molecule has 0 aromatic heterocycles. The van der Waals surface area contributed by atoms with E-state index in [1.807, 2.05) is 31.2 Å². The predicted octanol–water partition coefficient (Wildman–Crippen LogP) is 3.63. The summed E-state index contributed by atoms with van der Waals surface area (Å²) in [5.41, 5.74) is 1.15. The number of nitrogens with one attached hydrogen (secondary N) is 1. The molecule has 0 aliphatic rings. The van der Waals surface area contributed by atoms with Gasteiger partial charge in [-0.25, -0.2) is 0 Å². The van der Waals surface area contributed by atoms with Crippen LogP contribution >= 0.6 is 11.6 Å². The van der Waals surface area contributed by atoms with E-state index < -0.39 is 5.97 Å². The summed E-state index contributed by atoms with van der Waals surface area (Å²) in [5.74, 6) is -0.751. The van der Waals surface area contributed by atoms with Crippen LogP contribution in [0.5, 0.6) is 0 Å². The third kappa shape index (κ3) is 5.07. The largest absolute Gasteiger partial charge is 0.481 e. The summed E-state index contributed by atoms with van der Waals surface area (Å²) < 4.78 is 0. The van der Waals surface area contributed by atoms with Gasteiger partial charge in [0.05, 0.1) is 0 Å². The number of carboxylic acids is 1. The Hall–Kier alpha value is -1.06. The highest BCUT2D eigenvalue weighted by Gasteiger charge is 2.13. The summed E-state index contributed by atoms with van der Waals surface area (Å²) >= 11 is 5.98. The SMILES string of the molecule is CCC(NC(C)CCC(=O)O)c1cccc(Cl)c1. The number of carbonyl (C=O) groups is 1. The molecule has 0 fully saturated rings. The third-order valence-corrected chi connectivity index (χ3v) is 3.17. The van der Waals surface area contributed by atoms with Crippen LogP contribution in [0.3, 0.4) is 0 Å². The van der Waals surface area contributed by atoms with Crippen molar-refractivity contribution in [1.29, 1.82) is 0 Å². The van der Waals surface area contributed by atoms with Crippen LogP contribution in [-0.2, 0) is 4.79 Å². The minimum absolute atomic E-state index is 0.171. The van der Waals surface area contributed by atoms with Crippen LogP contribution in [0.15, 0.2) is 24.3 Å². The maximum absolute atomic E-state index is 10.5. The molecule has 0 aliphatic heterocycles. The van der Waals surface area contributed by atoms with Gasteiger partial charge in [0, 0.05) is 23.5 Å². The fourth-order valence-electron chi connectivity index (χ4n) is 1.94. The first kappa shape index (κ1) is 15.0. The Bertz CT molecular complexity index is 395. The maximum atomic E-state index is 10.5. The lowest BCUT2D eigenvalue weighted by Gasteiger charge is -2.22. The Morgan fingerprint density at radius 1 is 1.50 bits per heavy atom. The van der Waals surface area contributed by atoms with E-state index in [1.165, 1.54) is 0 Å². The molecular weight excluding hydrogens is 250 g/mol. The van der Waals surface area contributed by atoms with E-state index in [2.05, 4.69) is 12.2 Å². The molecule has 0 radical (unpaired) electrons. The summed E-state index contributed by atoms with van der Waals surface area (Å²) in [5, 5.41) is 12.8. The number of aliphatic carboxylic acids is 1. The van der Waals surface area contributed by atoms with Gasteiger partial charge >= 0.3 is 5.97 Å². The molecule has 0 bridgehead atoms. The van der Waals surface area contributed by atoms with E-state index >= 15 is 0 Å². The molecule has 0 saturated heterocycles. The first-order valence-corrected chi connectivity index (χ1v) is 6.64. The summed E-state index contributed by atoms with van der Waals surface area (Å²) in [4.78, 5) is 10.5. The highest BCUT2D eigenvalue weighted by atomic mass is 35.5. The van der Waals surface area contributed by atoms with E-state index in [-0.39, 0.29) is 18.5 Å². The van der Waals surface area contributed by atoms with Gasteiger partial charge in [-0.2, -0.15) is 0 Å². The van der Waals surface area contributed by atoms with Gasteiger partial charge in [-0.1, -0.05) is 30.7 Å². The van der Waals surface area contributed by atoms with Crippen molar-refractivity contribution < 1.29 is 9.90 Å². The lowest BCUT2D eigenvalue weighted by atomic mass is 10.0. The Morgan fingerprint density at radius 2 is 2.22 bits per heavy atom. The second kappa shape index (κ2) is 7.39. The van der Waals surface area contributed by atoms with Crippen molar-refractivity contribution in [3.8, 4) is 0 Å². The smallest absolute Gasteiger partial charge is 0.303 e. The molecule has 4 heteroatoms. The van der Waals surface area contributed by atoms with Gasteiger partial charge in [-0.15, -0.1) is 0 Å². The van der Waals surface area contributed by atoms with Gasteiger partial charge in [0.25, 0.3) is 0 Å². The number of hydrogen-bond acceptors (Lipinski definition) is 2. The van der Waals surface area contributed by atoms with E-state index in [1.54, 1.807) is 0 Å². The summed E-state index contributed by atoms with van der Waals surface area (Å²) in [6, 6.07) is 8.16. The van der Waals surface area contributed by atoms with Gasteiger partial charge in [0.2, 0.25) is 0 Å². The monoisotopic (exact) mass is 269 g/mol. The van der Waals surface area contributed by atoms with Crippen molar-refractivity contribution >= 4 is 17.6 Å². The molecule has 18 heavy (non-hydrogen) atoms. The summed E-state index contributed by atoms with van der Waals surface area (Å²) in [7, 11) is 0. The second-order valence-corrected chi connectivity index (χ2v) is 4.95. The van der Waals surface area contributed by atoms with Crippen molar-refractivity contribution in [3.63, 3.8) is 0 Å². The zero-order valence-electron chi connectivity index (χ0n) is 10.8. The number of hydrogen-bond donors (Lipinski definition) is 2. The standard InChI is InChI=1S/C14H20ClNO2/c1-3-13(11-5-4-6-12(15)9-11)16-10(2)7-8-14(17)18/h4-6,9-10,13,16H,3,7-8H2,1-2H3,(H,17,18). The molecule has 1 aromatic carbocycles. The third-order valence-electron chi connectivity index (χ3n) is 2.94. The number of carboxylic acid groups (broad SMARTS) is 1. The molecular formula is C14H20ClNO2. The second-order valence-electron chi connectivity index (χ2n) is 4.52. The molecule has 2 N–H and O–H groups in total. The van der Waals surface area contributed by atoms with E-state index in [0.717, 1.165) is 17.0 Å². The quantitative estimate of drug-likeness (QED) is 0.795. The van der Waals surface area contributed by atoms with Crippen LogP contribution in [-0.4, -0.2) is 17.1 Å². The topological polar surface area (TPSA) is 49.3 Å². The van der Waals surface area contributed by atoms with Crippen LogP contribution in [0, 0.1) is 0 Å². The molecule has 1 rings (SSSR count). The van der Waals surface area contributed by atoms with Crippen LogP contribution in [0.2, 0.25) is 5.02 Å². The van der Waals surface area contributed by atoms with Gasteiger partial charge < -0.3 is 10.4 Å². The van der Waals surface area contributed by atoms with E-state index in [9.17, 15) is 4.79 Å². The maximum Gasteiger partial charge on any atom is 0.303 e. The highest BCUT2D eigenvalue weighted by molar-refractivity contribution is 6.30. The van der Waals surface area contributed by atoms with E-state index in [4.69, 9.17) is 16.7 Å². The average Bonchev–Trinajstić information content (AvgIpc) is 2.33. The summed E-state index contributed by atoms with van der Waals surface area (Å²) in [6.45, 7) is 4.11. The lowest BCUT2D eigenvalue weighted by molar-refractivity contribution is -0.137. The van der Waals surface area contributed by atoms with Crippen molar-refractivity contribution in [3.05, 3.63) is 34.9 Å². The van der Waals surface area contributed by atoms with Crippen molar-refractivity contribution in [2.24, 2.45) is 0 Å². The average molecular weight is 270 g/mol. The molecule has 100 valence electrons. The Labute approximate surface area is 113 Å². The molecule has 0 aliphatic carbocycles. The molecule has 0 spiro atoms. The molecule has 0 heterocycles. The number of halogens is 1. The highest BCUT2D eigenvalue weighted by Crippen LogP contribution is 2.21. The van der Waals surface area contributed by atoms with Crippen LogP contribution in [0.1, 0.15) is 44.7 Å². The molecule has 0 amide bonds. The van der Waals surface area contributed by atoms with Gasteiger partial charge in [-0.3, -0.25) is 4.79 Å². The molecule has 1 aromatic rings. The van der Waals surface area contributed by atoms with Gasteiger partial charge in [0.15, 0.2) is 0 Å². The fourth-order valence-corrected chi connectivity index (χ4v) is 2.14. The first-order valence-electron chi connectivity index (χ1n) is 6.26. The minimum atomic E-state index is -0.751. The van der Waals surface area contributed by atoms with Crippen molar-refractivity contribution in [2.75, 3.05) is 0 Å².